The third-order valence-corrected chi connectivity index (χ3v) is 5.07. The average Bonchev–Trinajstić information content (AvgIpc) is 2.62. The van der Waals surface area contributed by atoms with Gasteiger partial charge in [0.15, 0.2) is 11.6 Å². The lowest BCUT2D eigenvalue weighted by Gasteiger charge is -2.35. The van der Waals surface area contributed by atoms with Crippen LogP contribution in [-0.4, -0.2) is 54.6 Å². The van der Waals surface area contributed by atoms with E-state index in [1.54, 1.807) is 6.33 Å². The van der Waals surface area contributed by atoms with Crippen LogP contribution in [0.25, 0.3) is 0 Å². The number of rotatable bonds is 2. The Bertz CT molecular complexity index is 723. The number of aromatic nitrogens is 2. The van der Waals surface area contributed by atoms with E-state index in [4.69, 9.17) is 5.73 Å². The molecule has 24 heavy (non-hydrogen) atoms. The Balaban J connectivity index is 1.59. The lowest BCUT2D eigenvalue weighted by Crippen LogP contribution is -2.45. The summed E-state index contributed by atoms with van der Waals surface area (Å²) in [4.78, 5) is 15.9. The van der Waals surface area contributed by atoms with Crippen LogP contribution >= 0.6 is 0 Å². The van der Waals surface area contributed by atoms with Crippen LogP contribution in [-0.2, 0) is 13.0 Å². The minimum absolute atomic E-state index is 0.710. The molecule has 0 amide bonds. The molecule has 0 radical (unpaired) electrons. The average molecular weight is 324 g/mol. The van der Waals surface area contributed by atoms with Crippen LogP contribution in [0.3, 0.4) is 0 Å². The quantitative estimate of drug-likeness (QED) is 0.900. The molecular weight excluding hydrogens is 300 g/mol. The summed E-state index contributed by atoms with van der Waals surface area (Å²) in [5, 5.41) is 0. The number of piperazine rings is 1. The summed E-state index contributed by atoms with van der Waals surface area (Å²) in [6.45, 7) is 5.80. The van der Waals surface area contributed by atoms with Crippen molar-refractivity contribution in [3.63, 3.8) is 0 Å². The molecule has 1 saturated heterocycles. The van der Waals surface area contributed by atoms with Crippen molar-refractivity contribution in [1.29, 1.82) is 0 Å². The van der Waals surface area contributed by atoms with Crippen LogP contribution in [0.15, 0.2) is 30.6 Å². The Kier molecular flexibility index (Phi) is 3.98. The largest absolute Gasteiger partial charge is 0.393 e. The number of nitrogen functional groups attached to an aromatic ring is 1. The number of hydrogen-bond donors (Lipinski definition) is 1. The zero-order chi connectivity index (χ0) is 16.5. The van der Waals surface area contributed by atoms with E-state index in [-0.39, 0.29) is 0 Å². The summed E-state index contributed by atoms with van der Waals surface area (Å²) < 4.78 is 0. The maximum atomic E-state index is 6.48. The second-order valence-electron chi connectivity index (χ2n) is 6.67. The maximum absolute atomic E-state index is 6.48. The monoisotopic (exact) mass is 324 g/mol. The van der Waals surface area contributed by atoms with Crippen molar-refractivity contribution in [2.24, 2.45) is 0 Å². The highest BCUT2D eigenvalue weighted by atomic mass is 15.3. The summed E-state index contributed by atoms with van der Waals surface area (Å²) in [6, 6.07) is 8.62. The molecule has 0 atom stereocenters. The second-order valence-corrected chi connectivity index (χ2v) is 6.67. The van der Waals surface area contributed by atoms with Crippen LogP contribution in [0, 0.1) is 0 Å². The van der Waals surface area contributed by atoms with Crippen molar-refractivity contribution in [1.82, 2.24) is 14.9 Å². The third kappa shape index (κ3) is 2.78. The normalized spacial score (nSPS) is 18.5. The Morgan fingerprint density at radius 1 is 0.875 bits per heavy atom. The van der Waals surface area contributed by atoms with Crippen LogP contribution < -0.4 is 15.5 Å². The summed E-state index contributed by atoms with van der Waals surface area (Å²) in [7, 11) is 2.15. The smallest absolute Gasteiger partial charge is 0.157 e. The first-order valence-electron chi connectivity index (χ1n) is 8.58. The molecule has 2 aliphatic rings. The fourth-order valence-electron chi connectivity index (χ4n) is 3.58. The Hall–Kier alpha value is -2.34. The molecule has 2 aromatic rings. The second kappa shape index (κ2) is 6.28. The molecule has 1 aromatic carbocycles. The molecule has 1 fully saturated rings. The zero-order valence-corrected chi connectivity index (χ0v) is 14.1. The highest BCUT2D eigenvalue weighted by Gasteiger charge is 2.23. The van der Waals surface area contributed by atoms with Crippen LogP contribution in [0.5, 0.6) is 0 Å². The number of fused-ring (bicyclic) bond motifs is 1. The minimum Gasteiger partial charge on any atom is -0.393 e. The lowest BCUT2D eigenvalue weighted by molar-refractivity contribution is 0.312. The number of nitrogens with two attached hydrogens (primary N) is 1. The van der Waals surface area contributed by atoms with E-state index in [0.717, 1.165) is 57.3 Å². The molecule has 0 bridgehead atoms. The lowest BCUT2D eigenvalue weighted by atomic mass is 10.00. The van der Waals surface area contributed by atoms with Gasteiger partial charge in [-0.1, -0.05) is 24.3 Å². The van der Waals surface area contributed by atoms with Crippen LogP contribution in [0.4, 0.5) is 17.3 Å². The van der Waals surface area contributed by atoms with E-state index >= 15 is 0 Å². The molecule has 6 heteroatoms. The van der Waals surface area contributed by atoms with Crippen LogP contribution in [0.1, 0.15) is 11.1 Å². The number of nitrogens with zero attached hydrogens (tertiary/aromatic N) is 5. The first kappa shape index (κ1) is 15.2. The molecule has 1 aromatic heterocycles. The summed E-state index contributed by atoms with van der Waals surface area (Å²) >= 11 is 0. The first-order chi connectivity index (χ1) is 11.7. The van der Waals surface area contributed by atoms with Crippen molar-refractivity contribution in [3.8, 4) is 0 Å². The number of hydrogen-bond acceptors (Lipinski definition) is 6. The molecule has 0 spiro atoms. The number of benzene rings is 1. The molecule has 4 rings (SSSR count). The molecule has 0 aliphatic carbocycles. The predicted octanol–water partition coefficient (Wildman–Crippen LogP) is 1.37. The van der Waals surface area contributed by atoms with Gasteiger partial charge in [-0.2, -0.15) is 0 Å². The van der Waals surface area contributed by atoms with Gasteiger partial charge in [-0.15, -0.1) is 0 Å². The molecular formula is C18H24N6. The Morgan fingerprint density at radius 3 is 2.29 bits per heavy atom. The molecule has 3 heterocycles. The molecule has 126 valence electrons. The van der Waals surface area contributed by atoms with Crippen molar-refractivity contribution < 1.29 is 0 Å². The number of anilines is 3. The Labute approximate surface area is 142 Å². The highest BCUT2D eigenvalue weighted by molar-refractivity contribution is 5.76. The summed E-state index contributed by atoms with van der Waals surface area (Å²) in [5.74, 6) is 1.75. The fraction of sp³-hybridized carbons (Fsp3) is 0.444. The van der Waals surface area contributed by atoms with Gasteiger partial charge in [0.25, 0.3) is 0 Å². The van der Waals surface area contributed by atoms with E-state index in [1.807, 2.05) is 0 Å². The van der Waals surface area contributed by atoms with Crippen molar-refractivity contribution in [3.05, 3.63) is 41.7 Å². The van der Waals surface area contributed by atoms with E-state index in [2.05, 4.69) is 56.0 Å². The van der Waals surface area contributed by atoms with Gasteiger partial charge >= 0.3 is 0 Å². The predicted molar refractivity (Wildman–Crippen MR) is 97.4 cm³/mol. The van der Waals surface area contributed by atoms with Crippen LogP contribution in [0.2, 0.25) is 0 Å². The maximum Gasteiger partial charge on any atom is 0.157 e. The van der Waals surface area contributed by atoms with Gasteiger partial charge < -0.3 is 20.4 Å². The molecule has 0 unspecified atom stereocenters. The van der Waals surface area contributed by atoms with Gasteiger partial charge in [-0.05, 0) is 24.6 Å². The highest BCUT2D eigenvalue weighted by Crippen LogP contribution is 2.32. The van der Waals surface area contributed by atoms with Gasteiger partial charge in [-0.25, -0.2) is 9.97 Å². The summed E-state index contributed by atoms with van der Waals surface area (Å²) in [5.41, 5.74) is 9.98. The van der Waals surface area contributed by atoms with E-state index in [9.17, 15) is 0 Å². The van der Waals surface area contributed by atoms with E-state index in [0.29, 0.717) is 5.69 Å². The van der Waals surface area contributed by atoms with E-state index < -0.39 is 0 Å². The SMILES string of the molecule is CN1CCN(c2ncnc(N3CCc4ccccc4C3)c2N)CC1. The molecule has 6 nitrogen and oxygen atoms in total. The summed E-state index contributed by atoms with van der Waals surface area (Å²) in [6.07, 6.45) is 2.68. The van der Waals surface area contributed by atoms with E-state index in [1.165, 1.54) is 11.1 Å². The standard InChI is InChI=1S/C18H24N6/c1-22-8-10-23(11-9-22)17-16(19)18(21-13-20-17)24-7-6-14-4-2-3-5-15(14)12-24/h2-5,13H,6-12,19H2,1H3. The van der Waals surface area contributed by atoms with Gasteiger partial charge in [-0.3, -0.25) is 0 Å². The zero-order valence-electron chi connectivity index (χ0n) is 14.1. The van der Waals surface area contributed by atoms with Crippen molar-refractivity contribution >= 4 is 17.3 Å². The van der Waals surface area contributed by atoms with Crippen molar-refractivity contribution in [2.75, 3.05) is 55.3 Å². The Morgan fingerprint density at radius 2 is 1.54 bits per heavy atom. The van der Waals surface area contributed by atoms with Gasteiger partial charge in [0.1, 0.15) is 12.0 Å². The van der Waals surface area contributed by atoms with Gasteiger partial charge in [0.05, 0.1) is 0 Å². The first-order valence-corrected chi connectivity index (χ1v) is 8.58. The molecule has 2 aliphatic heterocycles. The topological polar surface area (TPSA) is 61.5 Å². The van der Waals surface area contributed by atoms with Gasteiger partial charge in [0, 0.05) is 39.3 Å². The molecule has 0 saturated carbocycles. The fourth-order valence-corrected chi connectivity index (χ4v) is 3.58. The van der Waals surface area contributed by atoms with Crippen molar-refractivity contribution in [2.45, 2.75) is 13.0 Å². The minimum atomic E-state index is 0.710. The number of likely N-dealkylation sites (N-methyl/N-ethyl adjacent to an activating group) is 1. The van der Waals surface area contributed by atoms with Gasteiger partial charge in [0.2, 0.25) is 0 Å². The molecule has 2 N–H and O–H groups in total. The third-order valence-electron chi connectivity index (χ3n) is 5.07.